The van der Waals surface area contributed by atoms with Crippen molar-refractivity contribution >= 4 is 0 Å². The molecule has 0 aromatic rings. The number of hydrogen-bond donors (Lipinski definition) is 1. The Morgan fingerprint density at radius 2 is 1.84 bits per heavy atom. The van der Waals surface area contributed by atoms with E-state index in [-0.39, 0.29) is 0 Å². The first-order chi connectivity index (χ1) is 9.20. The van der Waals surface area contributed by atoms with Crippen LogP contribution in [0.2, 0.25) is 0 Å². The summed E-state index contributed by atoms with van der Waals surface area (Å²) in [6, 6.07) is 0.917. The van der Waals surface area contributed by atoms with Crippen LogP contribution in [0.25, 0.3) is 0 Å². The molecule has 1 unspecified atom stereocenters. The molecule has 0 radical (unpaired) electrons. The first kappa shape index (κ1) is 15.3. The molecule has 112 valence electrons. The highest BCUT2D eigenvalue weighted by Gasteiger charge is 2.32. The van der Waals surface area contributed by atoms with Gasteiger partial charge in [-0.3, -0.25) is 0 Å². The largest absolute Gasteiger partial charge is 0.330 e. The van der Waals surface area contributed by atoms with Crippen molar-refractivity contribution < 1.29 is 0 Å². The highest BCUT2D eigenvalue weighted by atomic mass is 15.2. The Balaban J connectivity index is 1.80. The summed E-state index contributed by atoms with van der Waals surface area (Å²) in [5, 5.41) is 0. The standard InChI is InChI=1S/C17H34N2/c1-14(2)12-15(13-18)9-11-19-10-5-7-16-6-3-4-8-17(16)19/h14-17H,3-13,18H2,1-2H3/t15?,16-,17-/m1/s1. The number of likely N-dealkylation sites (tertiary alicyclic amines) is 1. The minimum absolute atomic E-state index is 0.740. The first-order valence-corrected chi connectivity index (χ1v) is 8.64. The highest BCUT2D eigenvalue weighted by molar-refractivity contribution is 4.87. The Morgan fingerprint density at radius 3 is 2.58 bits per heavy atom. The maximum absolute atomic E-state index is 5.95. The van der Waals surface area contributed by atoms with Crippen LogP contribution in [0, 0.1) is 17.8 Å². The third kappa shape index (κ3) is 4.46. The Kier molecular flexibility index (Phi) is 6.15. The van der Waals surface area contributed by atoms with Crippen molar-refractivity contribution in [3.8, 4) is 0 Å². The second-order valence-corrected chi connectivity index (χ2v) is 7.31. The van der Waals surface area contributed by atoms with Crippen molar-refractivity contribution in [1.82, 2.24) is 4.90 Å². The van der Waals surface area contributed by atoms with Gasteiger partial charge in [-0.05, 0) is 75.9 Å². The number of fused-ring (bicyclic) bond motifs is 1. The lowest BCUT2D eigenvalue weighted by Gasteiger charge is -2.44. The maximum atomic E-state index is 5.95. The Labute approximate surface area is 120 Å². The van der Waals surface area contributed by atoms with Gasteiger partial charge >= 0.3 is 0 Å². The second-order valence-electron chi connectivity index (χ2n) is 7.31. The van der Waals surface area contributed by atoms with Gasteiger partial charge in [-0.25, -0.2) is 0 Å². The van der Waals surface area contributed by atoms with E-state index in [9.17, 15) is 0 Å². The van der Waals surface area contributed by atoms with Crippen molar-refractivity contribution in [1.29, 1.82) is 0 Å². The summed E-state index contributed by atoms with van der Waals surface area (Å²) in [6.07, 6.45) is 11.4. The summed E-state index contributed by atoms with van der Waals surface area (Å²) >= 11 is 0. The van der Waals surface area contributed by atoms with Gasteiger partial charge in [0.2, 0.25) is 0 Å². The molecule has 0 aromatic carbocycles. The van der Waals surface area contributed by atoms with E-state index in [0.717, 1.165) is 30.3 Å². The molecule has 2 fully saturated rings. The van der Waals surface area contributed by atoms with Gasteiger partial charge < -0.3 is 10.6 Å². The zero-order valence-corrected chi connectivity index (χ0v) is 13.1. The molecule has 1 saturated heterocycles. The average molecular weight is 266 g/mol. The Morgan fingerprint density at radius 1 is 1.11 bits per heavy atom. The van der Waals surface area contributed by atoms with Crippen LogP contribution in [0.15, 0.2) is 0 Å². The summed E-state index contributed by atoms with van der Waals surface area (Å²) in [5.41, 5.74) is 5.95. The Hall–Kier alpha value is -0.0800. The van der Waals surface area contributed by atoms with E-state index in [1.807, 2.05) is 0 Å². The molecule has 1 saturated carbocycles. The normalized spacial score (nSPS) is 30.3. The molecule has 0 amide bonds. The monoisotopic (exact) mass is 266 g/mol. The fourth-order valence-electron chi connectivity index (χ4n) is 4.35. The van der Waals surface area contributed by atoms with Crippen LogP contribution in [0.4, 0.5) is 0 Å². The topological polar surface area (TPSA) is 29.3 Å². The van der Waals surface area contributed by atoms with E-state index in [1.54, 1.807) is 0 Å². The SMILES string of the molecule is CC(C)CC(CN)CCN1CCC[C@H]2CCCC[C@H]21. The van der Waals surface area contributed by atoms with Gasteiger partial charge in [0.05, 0.1) is 0 Å². The van der Waals surface area contributed by atoms with Crippen molar-refractivity contribution in [2.75, 3.05) is 19.6 Å². The molecule has 0 aromatic heterocycles. The molecule has 2 aliphatic rings. The van der Waals surface area contributed by atoms with E-state index in [0.29, 0.717) is 0 Å². The van der Waals surface area contributed by atoms with E-state index < -0.39 is 0 Å². The average Bonchev–Trinajstić information content (AvgIpc) is 2.43. The van der Waals surface area contributed by atoms with E-state index in [4.69, 9.17) is 5.73 Å². The lowest BCUT2D eigenvalue weighted by Crippen LogP contribution is -2.47. The van der Waals surface area contributed by atoms with Crippen molar-refractivity contribution in [2.24, 2.45) is 23.5 Å². The summed E-state index contributed by atoms with van der Waals surface area (Å²) in [6.45, 7) is 8.16. The summed E-state index contributed by atoms with van der Waals surface area (Å²) in [7, 11) is 0. The van der Waals surface area contributed by atoms with Crippen LogP contribution in [0.5, 0.6) is 0 Å². The summed E-state index contributed by atoms with van der Waals surface area (Å²) in [4.78, 5) is 2.82. The van der Waals surface area contributed by atoms with Crippen LogP contribution in [-0.4, -0.2) is 30.6 Å². The molecule has 0 spiro atoms. The van der Waals surface area contributed by atoms with Crippen molar-refractivity contribution in [2.45, 2.75) is 71.3 Å². The molecule has 1 heterocycles. The first-order valence-electron chi connectivity index (χ1n) is 8.64. The number of nitrogens with two attached hydrogens (primary N) is 1. The Bertz CT molecular complexity index is 250. The molecule has 0 bridgehead atoms. The molecule has 2 heteroatoms. The maximum Gasteiger partial charge on any atom is 0.0123 e. The van der Waals surface area contributed by atoms with Crippen LogP contribution in [-0.2, 0) is 0 Å². The van der Waals surface area contributed by atoms with Crippen LogP contribution in [0.3, 0.4) is 0 Å². The van der Waals surface area contributed by atoms with Gasteiger partial charge in [0.1, 0.15) is 0 Å². The quantitative estimate of drug-likeness (QED) is 0.795. The molecule has 3 atom stereocenters. The fraction of sp³-hybridized carbons (Fsp3) is 1.00. The van der Waals surface area contributed by atoms with Gasteiger partial charge in [-0.15, -0.1) is 0 Å². The lowest BCUT2D eigenvalue weighted by molar-refractivity contribution is 0.0557. The van der Waals surface area contributed by atoms with E-state index in [1.165, 1.54) is 64.5 Å². The van der Waals surface area contributed by atoms with Gasteiger partial charge in [0.25, 0.3) is 0 Å². The molecular formula is C17H34N2. The lowest BCUT2D eigenvalue weighted by atomic mass is 9.78. The molecule has 1 aliphatic carbocycles. The molecule has 2 rings (SSSR count). The summed E-state index contributed by atoms with van der Waals surface area (Å²) in [5.74, 6) is 2.55. The predicted molar refractivity (Wildman–Crippen MR) is 83.2 cm³/mol. The molecule has 2 N–H and O–H groups in total. The minimum atomic E-state index is 0.740. The van der Waals surface area contributed by atoms with Gasteiger partial charge in [-0.1, -0.05) is 26.7 Å². The number of nitrogens with zero attached hydrogens (tertiary/aromatic N) is 1. The third-order valence-corrected chi connectivity index (χ3v) is 5.32. The van der Waals surface area contributed by atoms with Gasteiger partial charge in [0.15, 0.2) is 0 Å². The second kappa shape index (κ2) is 7.64. The number of piperidine rings is 1. The van der Waals surface area contributed by atoms with E-state index in [2.05, 4.69) is 18.7 Å². The van der Waals surface area contributed by atoms with E-state index >= 15 is 0 Å². The van der Waals surface area contributed by atoms with Gasteiger partial charge in [0, 0.05) is 6.04 Å². The molecule has 1 aliphatic heterocycles. The van der Waals surface area contributed by atoms with Crippen LogP contribution >= 0.6 is 0 Å². The zero-order chi connectivity index (χ0) is 13.7. The van der Waals surface area contributed by atoms with Crippen molar-refractivity contribution in [3.05, 3.63) is 0 Å². The van der Waals surface area contributed by atoms with Gasteiger partial charge in [-0.2, -0.15) is 0 Å². The number of rotatable bonds is 6. The third-order valence-electron chi connectivity index (χ3n) is 5.32. The summed E-state index contributed by atoms with van der Waals surface area (Å²) < 4.78 is 0. The minimum Gasteiger partial charge on any atom is -0.330 e. The molecule has 2 nitrogen and oxygen atoms in total. The predicted octanol–water partition coefficient (Wildman–Crippen LogP) is 3.65. The fourth-order valence-corrected chi connectivity index (χ4v) is 4.35. The van der Waals surface area contributed by atoms with Crippen LogP contribution < -0.4 is 5.73 Å². The zero-order valence-electron chi connectivity index (χ0n) is 13.1. The smallest absolute Gasteiger partial charge is 0.0123 e. The highest BCUT2D eigenvalue weighted by Crippen LogP contribution is 2.35. The van der Waals surface area contributed by atoms with Crippen molar-refractivity contribution in [3.63, 3.8) is 0 Å². The molecular weight excluding hydrogens is 232 g/mol. The number of hydrogen-bond acceptors (Lipinski definition) is 2. The molecule has 19 heavy (non-hydrogen) atoms. The van der Waals surface area contributed by atoms with Crippen LogP contribution in [0.1, 0.15) is 65.2 Å².